The van der Waals surface area contributed by atoms with E-state index in [0.29, 0.717) is 11.3 Å². The smallest absolute Gasteiger partial charge is 0.362 e. The fourth-order valence-corrected chi connectivity index (χ4v) is 2.36. The van der Waals surface area contributed by atoms with E-state index < -0.39 is 5.63 Å². The molecule has 0 fully saturated rings. The minimum atomic E-state index is -0.391. The zero-order chi connectivity index (χ0) is 13.5. The molecule has 96 valence electrons. The van der Waals surface area contributed by atoms with Crippen LogP contribution in [0.15, 0.2) is 70.0 Å². The highest BCUT2D eigenvalue weighted by atomic mass is 16.4. The molecule has 0 aliphatic heterocycles. The van der Waals surface area contributed by atoms with E-state index in [9.17, 15) is 4.79 Å². The summed E-state index contributed by atoms with van der Waals surface area (Å²) < 4.78 is 6.97. The first kappa shape index (κ1) is 11.0. The van der Waals surface area contributed by atoms with Crippen molar-refractivity contribution in [3.63, 3.8) is 0 Å². The van der Waals surface area contributed by atoms with E-state index in [1.54, 1.807) is 23.0 Å². The van der Waals surface area contributed by atoms with Gasteiger partial charge in [0.05, 0.1) is 11.7 Å². The Bertz CT molecular complexity index is 982. The van der Waals surface area contributed by atoms with Crippen LogP contribution in [0, 0.1) is 0 Å². The first-order chi connectivity index (χ1) is 9.83. The number of para-hydroxylation sites is 2. The fourth-order valence-electron chi connectivity index (χ4n) is 2.36. The van der Waals surface area contributed by atoms with Crippen molar-refractivity contribution < 1.29 is 4.42 Å². The lowest BCUT2D eigenvalue weighted by molar-refractivity contribution is 0.553. The van der Waals surface area contributed by atoms with Crippen LogP contribution >= 0.6 is 0 Å². The van der Waals surface area contributed by atoms with Crippen molar-refractivity contribution in [3.8, 4) is 5.69 Å². The lowest BCUT2D eigenvalue weighted by atomic mass is 10.2. The molecule has 4 heteroatoms. The highest BCUT2D eigenvalue weighted by Gasteiger charge is 2.10. The molecule has 0 bridgehead atoms. The van der Waals surface area contributed by atoms with Crippen LogP contribution in [-0.4, -0.2) is 9.78 Å². The molecule has 0 saturated carbocycles. The van der Waals surface area contributed by atoms with Crippen LogP contribution in [0.5, 0.6) is 0 Å². The molecule has 0 amide bonds. The molecule has 0 aliphatic rings. The summed E-state index contributed by atoms with van der Waals surface area (Å²) >= 11 is 0. The van der Waals surface area contributed by atoms with Crippen LogP contribution in [-0.2, 0) is 0 Å². The van der Waals surface area contributed by atoms with Gasteiger partial charge in [0, 0.05) is 10.8 Å². The zero-order valence-corrected chi connectivity index (χ0v) is 10.5. The normalized spacial score (nSPS) is 11.2. The summed E-state index contributed by atoms with van der Waals surface area (Å²) in [6.45, 7) is 0. The Balaban J connectivity index is 2.07. The second-order valence-electron chi connectivity index (χ2n) is 4.57. The van der Waals surface area contributed by atoms with Crippen LogP contribution in [0.25, 0.3) is 27.6 Å². The molecule has 0 atom stereocenters. The molecule has 0 saturated heterocycles. The third kappa shape index (κ3) is 1.55. The molecular weight excluding hydrogens is 252 g/mol. The molecule has 0 N–H and O–H groups in total. The van der Waals surface area contributed by atoms with Gasteiger partial charge < -0.3 is 4.42 Å². The fraction of sp³-hybridized carbons (Fsp3) is 0. The van der Waals surface area contributed by atoms with Crippen molar-refractivity contribution in [2.75, 3.05) is 0 Å². The van der Waals surface area contributed by atoms with E-state index >= 15 is 0 Å². The van der Waals surface area contributed by atoms with Crippen LogP contribution in [0.4, 0.5) is 0 Å². The minimum absolute atomic E-state index is 0.391. The summed E-state index contributed by atoms with van der Waals surface area (Å²) in [5.41, 5.74) is 1.50. The van der Waals surface area contributed by atoms with Crippen molar-refractivity contribution in [2.24, 2.45) is 0 Å². The maximum Gasteiger partial charge on any atom is 0.362 e. The first-order valence-corrected chi connectivity index (χ1v) is 6.29. The lowest BCUT2D eigenvalue weighted by Gasteiger charge is -2.03. The van der Waals surface area contributed by atoms with Crippen molar-refractivity contribution in [1.29, 1.82) is 0 Å². The molecule has 4 aromatic rings. The highest BCUT2D eigenvalue weighted by molar-refractivity contribution is 5.82. The molecule has 0 radical (unpaired) electrons. The number of aromatic nitrogens is 2. The molecule has 0 aliphatic carbocycles. The Morgan fingerprint density at radius 3 is 2.60 bits per heavy atom. The lowest BCUT2D eigenvalue weighted by Crippen LogP contribution is -2.11. The monoisotopic (exact) mass is 262 g/mol. The number of fused-ring (bicyclic) bond motifs is 2. The van der Waals surface area contributed by atoms with Gasteiger partial charge in [-0.05, 0) is 18.2 Å². The molecule has 0 spiro atoms. The molecule has 2 heterocycles. The van der Waals surface area contributed by atoms with Gasteiger partial charge in [0.15, 0.2) is 5.69 Å². The molecular formula is C16H10N2O2. The average Bonchev–Trinajstić information content (AvgIpc) is 2.90. The SMILES string of the molecule is O=c1oc2ccccc2cc1-n1ncc2ccccc21. The Hall–Kier alpha value is -2.88. The largest absolute Gasteiger partial charge is 0.421 e. The molecule has 20 heavy (non-hydrogen) atoms. The Morgan fingerprint density at radius 2 is 1.70 bits per heavy atom. The minimum Gasteiger partial charge on any atom is -0.421 e. The van der Waals surface area contributed by atoms with Gasteiger partial charge in [-0.15, -0.1) is 0 Å². The quantitative estimate of drug-likeness (QED) is 0.495. The number of nitrogens with zero attached hydrogens (tertiary/aromatic N) is 2. The predicted octanol–water partition coefficient (Wildman–Crippen LogP) is 3.13. The second-order valence-corrected chi connectivity index (χ2v) is 4.57. The summed E-state index contributed by atoms with van der Waals surface area (Å²) in [4.78, 5) is 12.1. The first-order valence-electron chi connectivity index (χ1n) is 6.29. The van der Waals surface area contributed by atoms with E-state index in [4.69, 9.17) is 4.42 Å². The Labute approximate surface area is 113 Å². The third-order valence-electron chi connectivity index (χ3n) is 3.33. The average molecular weight is 262 g/mol. The summed E-state index contributed by atoms with van der Waals surface area (Å²) in [5.74, 6) is 0. The number of rotatable bonds is 1. The van der Waals surface area contributed by atoms with E-state index in [1.165, 1.54) is 0 Å². The maximum absolute atomic E-state index is 12.1. The molecule has 0 unspecified atom stereocenters. The van der Waals surface area contributed by atoms with E-state index in [-0.39, 0.29) is 0 Å². The van der Waals surface area contributed by atoms with Gasteiger partial charge in [0.1, 0.15) is 5.58 Å². The Morgan fingerprint density at radius 1 is 0.950 bits per heavy atom. The standard InChI is InChI=1S/C16H10N2O2/c19-16-14(9-11-5-2-4-8-15(11)20-16)18-13-7-3-1-6-12(13)10-17-18/h1-10H. The third-order valence-corrected chi connectivity index (χ3v) is 3.33. The molecule has 4 nitrogen and oxygen atoms in total. The van der Waals surface area contributed by atoms with Crippen molar-refractivity contribution in [2.45, 2.75) is 0 Å². The Kier molecular flexibility index (Phi) is 2.23. The van der Waals surface area contributed by atoms with Crippen molar-refractivity contribution in [1.82, 2.24) is 9.78 Å². The predicted molar refractivity (Wildman–Crippen MR) is 77.1 cm³/mol. The second kappa shape index (κ2) is 4.06. The highest BCUT2D eigenvalue weighted by Crippen LogP contribution is 2.19. The molecule has 2 aromatic heterocycles. The molecule has 4 rings (SSSR count). The van der Waals surface area contributed by atoms with E-state index in [0.717, 1.165) is 16.3 Å². The summed E-state index contributed by atoms with van der Waals surface area (Å²) in [6.07, 6.45) is 1.74. The number of benzene rings is 2. The van der Waals surface area contributed by atoms with E-state index in [1.807, 2.05) is 42.5 Å². The van der Waals surface area contributed by atoms with Gasteiger partial charge in [-0.2, -0.15) is 5.10 Å². The maximum atomic E-state index is 12.1. The van der Waals surface area contributed by atoms with E-state index in [2.05, 4.69) is 5.10 Å². The van der Waals surface area contributed by atoms with Gasteiger partial charge in [0.25, 0.3) is 0 Å². The number of hydrogen-bond acceptors (Lipinski definition) is 3. The van der Waals surface area contributed by atoms with Crippen LogP contribution in [0.3, 0.4) is 0 Å². The van der Waals surface area contributed by atoms with Gasteiger partial charge in [-0.1, -0.05) is 36.4 Å². The zero-order valence-electron chi connectivity index (χ0n) is 10.5. The van der Waals surface area contributed by atoms with Crippen LogP contribution in [0.2, 0.25) is 0 Å². The van der Waals surface area contributed by atoms with Gasteiger partial charge >= 0.3 is 5.63 Å². The summed E-state index contributed by atoms with van der Waals surface area (Å²) in [7, 11) is 0. The van der Waals surface area contributed by atoms with Crippen LogP contribution < -0.4 is 5.63 Å². The van der Waals surface area contributed by atoms with Crippen LogP contribution in [0.1, 0.15) is 0 Å². The summed E-state index contributed by atoms with van der Waals surface area (Å²) in [6, 6.07) is 17.0. The van der Waals surface area contributed by atoms with Gasteiger partial charge in [-0.3, -0.25) is 0 Å². The molecule has 2 aromatic carbocycles. The van der Waals surface area contributed by atoms with Gasteiger partial charge in [-0.25, -0.2) is 9.48 Å². The number of hydrogen-bond donors (Lipinski definition) is 0. The van der Waals surface area contributed by atoms with Crippen molar-refractivity contribution in [3.05, 3.63) is 71.2 Å². The summed E-state index contributed by atoms with van der Waals surface area (Å²) in [5, 5.41) is 6.15. The van der Waals surface area contributed by atoms with Gasteiger partial charge in [0.2, 0.25) is 0 Å². The van der Waals surface area contributed by atoms with Crippen molar-refractivity contribution >= 4 is 21.9 Å². The topological polar surface area (TPSA) is 48.0 Å².